The molecule has 3 aromatic rings. The topological polar surface area (TPSA) is 61.4 Å². The van der Waals surface area contributed by atoms with Crippen LogP contribution >= 0.6 is 11.3 Å². The van der Waals surface area contributed by atoms with Crippen molar-refractivity contribution >= 4 is 23.2 Å². The Morgan fingerprint density at radius 2 is 1.65 bits per heavy atom. The maximum atomic E-state index is 12.9. The van der Waals surface area contributed by atoms with Gasteiger partial charge in [-0.2, -0.15) is 0 Å². The number of carbonyl (C=O) groups is 2. The quantitative estimate of drug-likeness (QED) is 0.462. The molecule has 0 radical (unpaired) electrons. The summed E-state index contributed by atoms with van der Waals surface area (Å²) in [5.41, 5.74) is 2.31. The lowest BCUT2D eigenvalue weighted by atomic mass is 9.95. The molecule has 1 unspecified atom stereocenters. The van der Waals surface area contributed by atoms with Crippen molar-refractivity contribution in [2.75, 3.05) is 26.2 Å². The molecule has 1 aliphatic heterocycles. The number of hydrogen-bond donors (Lipinski definition) is 2. The van der Waals surface area contributed by atoms with Gasteiger partial charge >= 0.3 is 0 Å². The van der Waals surface area contributed by atoms with E-state index in [0.717, 1.165) is 44.3 Å². The number of rotatable bonds is 10. The zero-order chi connectivity index (χ0) is 23.6. The molecule has 0 spiro atoms. The number of benzene rings is 2. The second kappa shape index (κ2) is 12.5. The SMILES string of the molecule is O=C(CN1CCC(C(=O)NCCc2cccs2)CC1)NC(Cc1ccccc1)c1ccccc1. The van der Waals surface area contributed by atoms with Crippen molar-refractivity contribution in [1.29, 1.82) is 0 Å². The maximum absolute atomic E-state index is 12.9. The van der Waals surface area contributed by atoms with Crippen LogP contribution in [0.1, 0.15) is 34.9 Å². The first-order valence-corrected chi connectivity index (χ1v) is 13.0. The molecule has 0 bridgehead atoms. The largest absolute Gasteiger partial charge is 0.355 e. The van der Waals surface area contributed by atoms with Crippen LogP contribution in [0.25, 0.3) is 0 Å². The molecule has 5 nitrogen and oxygen atoms in total. The molecule has 2 amide bonds. The van der Waals surface area contributed by atoms with Gasteiger partial charge in [-0.05, 0) is 61.3 Å². The van der Waals surface area contributed by atoms with E-state index in [1.54, 1.807) is 11.3 Å². The van der Waals surface area contributed by atoms with Crippen LogP contribution < -0.4 is 10.6 Å². The first kappa shape index (κ1) is 24.2. The molecule has 1 aromatic heterocycles. The van der Waals surface area contributed by atoms with Crippen LogP contribution in [0.4, 0.5) is 0 Å². The summed E-state index contributed by atoms with van der Waals surface area (Å²) >= 11 is 1.72. The summed E-state index contributed by atoms with van der Waals surface area (Å²) in [6.07, 6.45) is 3.23. The third-order valence-corrected chi connectivity index (χ3v) is 7.33. The Balaban J connectivity index is 1.23. The van der Waals surface area contributed by atoms with Gasteiger partial charge in [0.05, 0.1) is 12.6 Å². The van der Waals surface area contributed by atoms with Crippen LogP contribution in [0.2, 0.25) is 0 Å². The zero-order valence-electron chi connectivity index (χ0n) is 19.5. The van der Waals surface area contributed by atoms with E-state index in [9.17, 15) is 9.59 Å². The van der Waals surface area contributed by atoms with Crippen LogP contribution in [0.5, 0.6) is 0 Å². The number of piperidine rings is 1. The Kier molecular flexibility index (Phi) is 8.88. The molecule has 0 aliphatic carbocycles. The molecule has 178 valence electrons. The summed E-state index contributed by atoms with van der Waals surface area (Å²) in [5.74, 6) is 0.217. The predicted molar refractivity (Wildman–Crippen MR) is 138 cm³/mol. The molecule has 6 heteroatoms. The van der Waals surface area contributed by atoms with Gasteiger partial charge in [0.1, 0.15) is 0 Å². The number of carbonyl (C=O) groups excluding carboxylic acids is 2. The van der Waals surface area contributed by atoms with Crippen LogP contribution in [0.3, 0.4) is 0 Å². The van der Waals surface area contributed by atoms with Crippen molar-refractivity contribution < 1.29 is 9.59 Å². The first-order valence-electron chi connectivity index (χ1n) is 12.1. The molecule has 1 aliphatic rings. The van der Waals surface area contributed by atoms with Crippen LogP contribution in [-0.2, 0) is 22.4 Å². The van der Waals surface area contributed by atoms with E-state index in [-0.39, 0.29) is 23.8 Å². The highest BCUT2D eigenvalue weighted by molar-refractivity contribution is 7.09. The lowest BCUT2D eigenvalue weighted by Gasteiger charge is -2.31. The average molecular weight is 476 g/mol. The Morgan fingerprint density at radius 1 is 0.941 bits per heavy atom. The lowest BCUT2D eigenvalue weighted by molar-refractivity contribution is -0.126. The number of likely N-dealkylation sites (tertiary alicyclic amines) is 1. The summed E-state index contributed by atoms with van der Waals surface area (Å²) in [7, 11) is 0. The van der Waals surface area contributed by atoms with Crippen LogP contribution in [0.15, 0.2) is 78.2 Å². The van der Waals surface area contributed by atoms with Crippen molar-refractivity contribution in [1.82, 2.24) is 15.5 Å². The number of thiophene rings is 1. The van der Waals surface area contributed by atoms with Crippen molar-refractivity contribution in [2.24, 2.45) is 5.92 Å². The molecule has 4 rings (SSSR count). The van der Waals surface area contributed by atoms with E-state index in [1.807, 2.05) is 42.5 Å². The highest BCUT2D eigenvalue weighted by atomic mass is 32.1. The second-order valence-electron chi connectivity index (χ2n) is 8.89. The average Bonchev–Trinajstić information content (AvgIpc) is 3.39. The Morgan fingerprint density at radius 3 is 2.32 bits per heavy atom. The molecular weight excluding hydrogens is 442 g/mol. The van der Waals surface area contributed by atoms with Gasteiger partial charge in [-0.1, -0.05) is 66.7 Å². The number of amides is 2. The van der Waals surface area contributed by atoms with Gasteiger partial charge in [0.2, 0.25) is 11.8 Å². The van der Waals surface area contributed by atoms with E-state index in [2.05, 4.69) is 51.2 Å². The normalized spacial score (nSPS) is 15.5. The smallest absolute Gasteiger partial charge is 0.234 e. The van der Waals surface area contributed by atoms with Crippen molar-refractivity contribution in [3.8, 4) is 0 Å². The van der Waals surface area contributed by atoms with Crippen LogP contribution in [-0.4, -0.2) is 42.9 Å². The molecule has 2 heterocycles. The van der Waals surface area contributed by atoms with Gasteiger partial charge in [-0.15, -0.1) is 11.3 Å². The molecular formula is C28H33N3O2S. The molecule has 34 heavy (non-hydrogen) atoms. The van der Waals surface area contributed by atoms with Gasteiger partial charge < -0.3 is 10.6 Å². The number of hydrogen-bond acceptors (Lipinski definition) is 4. The van der Waals surface area contributed by atoms with Crippen molar-refractivity contribution in [3.05, 3.63) is 94.2 Å². The highest BCUT2D eigenvalue weighted by Crippen LogP contribution is 2.20. The summed E-state index contributed by atoms with van der Waals surface area (Å²) in [5, 5.41) is 8.39. The van der Waals surface area contributed by atoms with Crippen molar-refractivity contribution in [3.63, 3.8) is 0 Å². The van der Waals surface area contributed by atoms with Gasteiger partial charge in [-0.3, -0.25) is 14.5 Å². The minimum atomic E-state index is -0.0669. The third-order valence-electron chi connectivity index (χ3n) is 6.40. The predicted octanol–water partition coefficient (Wildman–Crippen LogP) is 4.22. The summed E-state index contributed by atoms with van der Waals surface area (Å²) < 4.78 is 0. The monoisotopic (exact) mass is 475 g/mol. The fourth-order valence-electron chi connectivity index (χ4n) is 4.49. The highest BCUT2D eigenvalue weighted by Gasteiger charge is 2.26. The van der Waals surface area contributed by atoms with Gasteiger partial charge in [0.15, 0.2) is 0 Å². The van der Waals surface area contributed by atoms with Gasteiger partial charge in [0, 0.05) is 17.3 Å². The molecule has 2 N–H and O–H groups in total. The standard InChI is InChI=1S/C28H33N3O2S/c32-27(30-26(23-10-5-2-6-11-23)20-22-8-3-1-4-9-22)21-31-17-14-24(15-18-31)28(33)29-16-13-25-12-7-19-34-25/h1-12,19,24,26H,13-18,20-21H2,(H,29,33)(H,30,32). The zero-order valence-corrected chi connectivity index (χ0v) is 20.3. The number of nitrogens with one attached hydrogen (secondary N) is 2. The Labute approximate surface area is 206 Å². The summed E-state index contributed by atoms with van der Waals surface area (Å²) in [4.78, 5) is 28.9. The Bertz CT molecular complexity index is 1020. The third kappa shape index (κ3) is 7.27. The molecule has 1 saturated heterocycles. The molecule has 0 saturated carbocycles. The summed E-state index contributed by atoms with van der Waals surface area (Å²) in [6, 6.07) is 24.5. The maximum Gasteiger partial charge on any atom is 0.234 e. The van der Waals surface area contributed by atoms with Gasteiger partial charge in [0.25, 0.3) is 0 Å². The van der Waals surface area contributed by atoms with E-state index in [0.29, 0.717) is 13.1 Å². The number of nitrogens with zero attached hydrogens (tertiary/aromatic N) is 1. The van der Waals surface area contributed by atoms with E-state index >= 15 is 0 Å². The molecule has 2 aromatic carbocycles. The van der Waals surface area contributed by atoms with Gasteiger partial charge in [-0.25, -0.2) is 0 Å². The second-order valence-corrected chi connectivity index (χ2v) is 9.92. The van der Waals surface area contributed by atoms with E-state index in [1.165, 1.54) is 10.4 Å². The van der Waals surface area contributed by atoms with Crippen LogP contribution in [0, 0.1) is 5.92 Å². The minimum absolute atomic E-state index is 0.0311. The molecule has 1 fully saturated rings. The van der Waals surface area contributed by atoms with Crippen molar-refractivity contribution in [2.45, 2.75) is 31.7 Å². The first-order chi connectivity index (χ1) is 16.7. The fraction of sp³-hybridized carbons (Fsp3) is 0.357. The fourth-order valence-corrected chi connectivity index (χ4v) is 5.20. The lowest BCUT2D eigenvalue weighted by Crippen LogP contribution is -2.45. The van der Waals surface area contributed by atoms with E-state index in [4.69, 9.17) is 0 Å². The Hall–Kier alpha value is -2.96. The summed E-state index contributed by atoms with van der Waals surface area (Å²) in [6.45, 7) is 2.59. The van der Waals surface area contributed by atoms with E-state index < -0.39 is 0 Å². The minimum Gasteiger partial charge on any atom is -0.355 e. The molecule has 1 atom stereocenters.